The Morgan fingerprint density at radius 2 is 1.80 bits per heavy atom. The number of hydrogen-bond donors (Lipinski definition) is 2. The average molecular weight is 497 g/mol. The number of nitrogens with one attached hydrogen (secondary N) is 2. The number of carbonyl (C=O) groups is 2. The third-order valence-electron chi connectivity index (χ3n) is 5.44. The lowest BCUT2D eigenvalue weighted by Crippen LogP contribution is -2.33. The lowest BCUT2D eigenvalue weighted by atomic mass is 10.0. The number of anilines is 1. The van der Waals surface area contributed by atoms with Crippen molar-refractivity contribution in [3.8, 4) is 0 Å². The van der Waals surface area contributed by atoms with E-state index < -0.39 is 4.92 Å². The Morgan fingerprint density at radius 3 is 2.40 bits per heavy atom. The predicted octanol–water partition coefficient (Wildman–Crippen LogP) is 4.20. The van der Waals surface area contributed by atoms with Gasteiger partial charge in [-0.05, 0) is 43.5 Å². The summed E-state index contributed by atoms with van der Waals surface area (Å²) in [7, 11) is 1.80. The number of aromatic nitrogens is 3. The highest BCUT2D eigenvalue weighted by atomic mass is 32.2. The van der Waals surface area contributed by atoms with E-state index in [-0.39, 0.29) is 35.2 Å². The van der Waals surface area contributed by atoms with Gasteiger partial charge in [-0.1, -0.05) is 43.3 Å². The van der Waals surface area contributed by atoms with Crippen LogP contribution in [0.4, 0.5) is 11.4 Å². The minimum Gasteiger partial charge on any atom is -0.342 e. The van der Waals surface area contributed by atoms with Crippen molar-refractivity contribution in [1.82, 2.24) is 20.1 Å². The fraction of sp³-hybridized carbons (Fsp3) is 0.333. The van der Waals surface area contributed by atoms with Crippen molar-refractivity contribution in [2.24, 2.45) is 13.0 Å². The van der Waals surface area contributed by atoms with Gasteiger partial charge in [0, 0.05) is 30.4 Å². The first-order chi connectivity index (χ1) is 16.6. The van der Waals surface area contributed by atoms with Gasteiger partial charge in [0.25, 0.3) is 11.6 Å². The molecule has 184 valence electrons. The van der Waals surface area contributed by atoms with Gasteiger partial charge in [-0.25, -0.2) is 0 Å². The normalized spacial score (nSPS) is 11.8. The quantitative estimate of drug-likeness (QED) is 0.258. The van der Waals surface area contributed by atoms with Gasteiger partial charge in [-0.2, -0.15) is 0 Å². The molecule has 11 heteroatoms. The fourth-order valence-electron chi connectivity index (χ4n) is 3.40. The van der Waals surface area contributed by atoms with Crippen LogP contribution >= 0.6 is 11.8 Å². The molecule has 3 aromatic rings. The first-order valence-corrected chi connectivity index (χ1v) is 12.0. The molecule has 35 heavy (non-hydrogen) atoms. The molecule has 1 aromatic heterocycles. The summed E-state index contributed by atoms with van der Waals surface area (Å²) in [5.74, 6) is 0.251. The van der Waals surface area contributed by atoms with Crippen LogP contribution in [0.3, 0.4) is 0 Å². The molecule has 1 heterocycles. The molecule has 0 aliphatic carbocycles. The van der Waals surface area contributed by atoms with Gasteiger partial charge in [0.15, 0.2) is 11.0 Å². The van der Waals surface area contributed by atoms with Crippen molar-refractivity contribution in [2.45, 2.75) is 38.9 Å². The zero-order valence-corrected chi connectivity index (χ0v) is 21.0. The molecule has 2 aromatic carbocycles. The maximum Gasteiger partial charge on any atom is 0.269 e. The van der Waals surface area contributed by atoms with Gasteiger partial charge in [-0.15, -0.1) is 10.2 Å². The van der Waals surface area contributed by atoms with Gasteiger partial charge in [0.1, 0.15) is 0 Å². The van der Waals surface area contributed by atoms with Gasteiger partial charge in [0.2, 0.25) is 5.91 Å². The van der Waals surface area contributed by atoms with E-state index >= 15 is 0 Å². The number of amides is 2. The lowest BCUT2D eigenvalue weighted by Gasteiger charge is -2.21. The van der Waals surface area contributed by atoms with E-state index in [1.54, 1.807) is 30.7 Å². The number of benzene rings is 2. The van der Waals surface area contributed by atoms with E-state index in [1.165, 1.54) is 30.0 Å². The number of nitro benzene ring substituents is 1. The largest absolute Gasteiger partial charge is 0.342 e. The number of hydrogen-bond acceptors (Lipinski definition) is 7. The van der Waals surface area contributed by atoms with Crippen LogP contribution in [-0.2, 0) is 11.8 Å². The van der Waals surface area contributed by atoms with Crippen LogP contribution in [0.15, 0.2) is 47.6 Å². The second kappa shape index (κ2) is 11.1. The summed E-state index contributed by atoms with van der Waals surface area (Å²) in [5, 5.41) is 25.7. The molecule has 1 atom stereocenters. The van der Waals surface area contributed by atoms with E-state index in [0.29, 0.717) is 27.8 Å². The molecular formula is C24H28N6O4S. The molecule has 0 aliphatic heterocycles. The highest BCUT2D eigenvalue weighted by Crippen LogP contribution is 2.25. The molecule has 0 saturated carbocycles. The third-order valence-corrected chi connectivity index (χ3v) is 6.46. The fourth-order valence-corrected chi connectivity index (χ4v) is 4.12. The van der Waals surface area contributed by atoms with Gasteiger partial charge < -0.3 is 15.2 Å². The smallest absolute Gasteiger partial charge is 0.269 e. The Kier molecular flexibility index (Phi) is 8.23. The Hall–Kier alpha value is -3.73. The SMILES string of the molecule is Cc1ccc(C(=O)N[C@H](c2nnc(SCC(=O)Nc3ccc([N+](=O)[O-])cc3C)n2C)C(C)C)cc1. The standard InChI is InChI=1S/C24H28N6O4S/c1-14(2)21(26-23(32)17-8-6-15(3)7-9-17)22-27-28-24(29(22)5)35-13-20(31)25-19-11-10-18(30(33)34)12-16(19)4/h6-12,14,21H,13H2,1-5H3,(H,25,31)(H,26,32)/t21-/m0/s1. The summed E-state index contributed by atoms with van der Waals surface area (Å²) >= 11 is 1.21. The minimum atomic E-state index is -0.478. The molecule has 2 amide bonds. The third kappa shape index (κ3) is 6.44. The summed E-state index contributed by atoms with van der Waals surface area (Å²) in [6, 6.07) is 11.2. The van der Waals surface area contributed by atoms with E-state index in [4.69, 9.17) is 0 Å². The van der Waals surface area contributed by atoms with Crippen LogP contribution < -0.4 is 10.6 Å². The lowest BCUT2D eigenvalue weighted by molar-refractivity contribution is -0.384. The number of nitro groups is 1. The molecule has 2 N–H and O–H groups in total. The van der Waals surface area contributed by atoms with Crippen LogP contribution in [0, 0.1) is 29.9 Å². The zero-order chi connectivity index (χ0) is 25.7. The number of rotatable bonds is 9. The van der Waals surface area contributed by atoms with Gasteiger partial charge >= 0.3 is 0 Å². The van der Waals surface area contributed by atoms with Gasteiger partial charge in [-0.3, -0.25) is 19.7 Å². The monoisotopic (exact) mass is 496 g/mol. The van der Waals surface area contributed by atoms with Crippen molar-refractivity contribution < 1.29 is 14.5 Å². The number of nitrogens with zero attached hydrogens (tertiary/aromatic N) is 4. The molecule has 0 aliphatic rings. The van der Waals surface area contributed by atoms with E-state index in [0.717, 1.165) is 5.56 Å². The van der Waals surface area contributed by atoms with Crippen molar-refractivity contribution in [3.63, 3.8) is 0 Å². The Labute approximate surface area is 207 Å². The van der Waals surface area contributed by atoms with Crippen LogP contribution in [0.1, 0.15) is 47.2 Å². The highest BCUT2D eigenvalue weighted by Gasteiger charge is 2.25. The molecule has 0 saturated heterocycles. The maximum atomic E-state index is 12.8. The first-order valence-electron chi connectivity index (χ1n) is 11.0. The van der Waals surface area contributed by atoms with Crippen LogP contribution in [0.25, 0.3) is 0 Å². The number of non-ortho nitro benzene ring substituents is 1. The molecule has 0 fully saturated rings. The molecule has 0 radical (unpaired) electrons. The summed E-state index contributed by atoms with van der Waals surface area (Å²) in [4.78, 5) is 35.6. The highest BCUT2D eigenvalue weighted by molar-refractivity contribution is 7.99. The summed E-state index contributed by atoms with van der Waals surface area (Å²) in [6.45, 7) is 7.63. The molecule has 10 nitrogen and oxygen atoms in total. The van der Waals surface area contributed by atoms with Crippen LogP contribution in [-0.4, -0.2) is 37.3 Å². The summed E-state index contributed by atoms with van der Waals surface area (Å²) < 4.78 is 1.77. The van der Waals surface area contributed by atoms with Crippen molar-refractivity contribution in [1.29, 1.82) is 0 Å². The average Bonchev–Trinajstić information content (AvgIpc) is 3.17. The Morgan fingerprint density at radius 1 is 1.11 bits per heavy atom. The maximum absolute atomic E-state index is 12.8. The predicted molar refractivity (Wildman–Crippen MR) is 134 cm³/mol. The minimum absolute atomic E-state index is 0.0318. The molecular weight excluding hydrogens is 468 g/mol. The molecule has 3 rings (SSSR count). The molecule has 0 unspecified atom stereocenters. The van der Waals surface area contributed by atoms with Crippen LogP contribution in [0.2, 0.25) is 0 Å². The van der Waals surface area contributed by atoms with E-state index in [2.05, 4.69) is 20.8 Å². The van der Waals surface area contributed by atoms with Crippen molar-refractivity contribution in [3.05, 3.63) is 75.1 Å². The van der Waals surface area contributed by atoms with E-state index in [1.807, 2.05) is 32.9 Å². The Bertz CT molecular complexity index is 1240. The first kappa shape index (κ1) is 25.9. The number of thioether (sulfide) groups is 1. The number of aryl methyl sites for hydroxylation is 2. The number of carbonyl (C=O) groups excluding carboxylic acids is 2. The second-order valence-electron chi connectivity index (χ2n) is 8.55. The van der Waals surface area contributed by atoms with Crippen molar-refractivity contribution >= 4 is 35.0 Å². The summed E-state index contributed by atoms with van der Waals surface area (Å²) in [6.07, 6.45) is 0. The second-order valence-corrected chi connectivity index (χ2v) is 9.50. The zero-order valence-electron chi connectivity index (χ0n) is 20.2. The topological polar surface area (TPSA) is 132 Å². The van der Waals surface area contributed by atoms with Gasteiger partial charge in [0.05, 0.1) is 16.7 Å². The van der Waals surface area contributed by atoms with Crippen molar-refractivity contribution in [2.75, 3.05) is 11.1 Å². The summed E-state index contributed by atoms with van der Waals surface area (Å²) in [5.41, 5.74) is 2.72. The molecule has 0 bridgehead atoms. The molecule has 0 spiro atoms. The Balaban J connectivity index is 1.65. The van der Waals surface area contributed by atoms with Crippen LogP contribution in [0.5, 0.6) is 0 Å². The van der Waals surface area contributed by atoms with E-state index in [9.17, 15) is 19.7 Å².